The fourth-order valence-electron chi connectivity index (χ4n) is 3.56. The third-order valence-electron chi connectivity index (χ3n) is 4.79. The first-order chi connectivity index (χ1) is 10.2. The van der Waals surface area contributed by atoms with Crippen molar-refractivity contribution in [3.63, 3.8) is 0 Å². The van der Waals surface area contributed by atoms with Crippen molar-refractivity contribution in [2.75, 3.05) is 25.4 Å². The summed E-state index contributed by atoms with van der Waals surface area (Å²) in [6.07, 6.45) is 2.43. The Labute approximate surface area is 127 Å². The molecule has 4 heterocycles. The molecule has 3 N–H and O–H groups in total. The molecule has 1 aromatic heterocycles. The van der Waals surface area contributed by atoms with Crippen molar-refractivity contribution in [1.82, 2.24) is 10.2 Å². The smallest absolute Gasteiger partial charge is 0.261 e. The highest BCUT2D eigenvalue weighted by Crippen LogP contribution is 2.31. The van der Waals surface area contributed by atoms with Crippen LogP contribution < -0.4 is 11.1 Å². The van der Waals surface area contributed by atoms with Crippen LogP contribution in [0.5, 0.6) is 0 Å². The number of hydrogen-bond donors (Lipinski definition) is 2. The Bertz CT molecular complexity index is 688. The number of thiophene rings is 1. The summed E-state index contributed by atoms with van der Waals surface area (Å²) in [4.78, 5) is 15.7. The molecule has 2 bridgehead atoms. The van der Waals surface area contributed by atoms with Crippen molar-refractivity contribution >= 4 is 33.0 Å². The number of benzene rings is 1. The van der Waals surface area contributed by atoms with Crippen molar-refractivity contribution in [3.8, 4) is 0 Å². The van der Waals surface area contributed by atoms with Gasteiger partial charge < -0.3 is 16.0 Å². The van der Waals surface area contributed by atoms with Crippen LogP contribution in [0.4, 0.5) is 5.69 Å². The highest BCUT2D eigenvalue weighted by molar-refractivity contribution is 7.20. The maximum Gasteiger partial charge on any atom is 0.261 e. The van der Waals surface area contributed by atoms with Crippen molar-refractivity contribution in [3.05, 3.63) is 29.1 Å². The minimum Gasteiger partial charge on any atom is -0.398 e. The van der Waals surface area contributed by atoms with Crippen molar-refractivity contribution < 1.29 is 4.79 Å². The van der Waals surface area contributed by atoms with Gasteiger partial charge in [0.1, 0.15) is 0 Å². The van der Waals surface area contributed by atoms with Crippen LogP contribution in [0.15, 0.2) is 24.3 Å². The molecule has 1 amide bonds. The first-order valence-electron chi connectivity index (χ1n) is 7.52. The molecular weight excluding hydrogens is 282 g/mol. The van der Waals surface area contributed by atoms with E-state index in [9.17, 15) is 4.79 Å². The number of carbonyl (C=O) groups excluding carboxylic acids is 1. The summed E-state index contributed by atoms with van der Waals surface area (Å²) in [5.74, 6) is 0.702. The number of rotatable bonds is 2. The number of nitrogens with one attached hydrogen (secondary N) is 1. The molecule has 5 heteroatoms. The molecule has 3 aliphatic heterocycles. The highest BCUT2D eigenvalue weighted by atomic mass is 32.1. The largest absolute Gasteiger partial charge is 0.398 e. The summed E-state index contributed by atoms with van der Waals surface area (Å²) in [6.45, 7) is 3.39. The summed E-state index contributed by atoms with van der Waals surface area (Å²) < 4.78 is 1.08. The molecular formula is C16H19N3OS. The van der Waals surface area contributed by atoms with Gasteiger partial charge in [0, 0.05) is 28.4 Å². The van der Waals surface area contributed by atoms with Gasteiger partial charge >= 0.3 is 0 Å². The zero-order valence-electron chi connectivity index (χ0n) is 11.8. The van der Waals surface area contributed by atoms with Crippen molar-refractivity contribution in [2.45, 2.75) is 18.9 Å². The topological polar surface area (TPSA) is 58.4 Å². The number of nitrogens with two attached hydrogens (primary N) is 1. The summed E-state index contributed by atoms with van der Waals surface area (Å²) in [5, 5.41) is 4.22. The van der Waals surface area contributed by atoms with Gasteiger partial charge in [-0.3, -0.25) is 4.79 Å². The Morgan fingerprint density at radius 1 is 1.33 bits per heavy atom. The predicted octanol–water partition coefficient (Wildman–Crippen LogP) is 2.31. The number of carbonyl (C=O) groups is 1. The second-order valence-electron chi connectivity index (χ2n) is 6.09. The molecule has 0 aliphatic carbocycles. The third-order valence-corrected chi connectivity index (χ3v) is 5.89. The number of nitrogen functional groups attached to an aromatic ring is 1. The Kier molecular flexibility index (Phi) is 3.12. The van der Waals surface area contributed by atoms with E-state index in [0.717, 1.165) is 27.2 Å². The fourth-order valence-corrected chi connectivity index (χ4v) is 4.56. The van der Waals surface area contributed by atoms with Gasteiger partial charge in [0.25, 0.3) is 5.91 Å². The molecule has 3 fully saturated rings. The van der Waals surface area contributed by atoms with Crippen molar-refractivity contribution in [2.24, 2.45) is 5.92 Å². The highest BCUT2D eigenvalue weighted by Gasteiger charge is 2.35. The van der Waals surface area contributed by atoms with Crippen LogP contribution in [0, 0.1) is 5.92 Å². The van der Waals surface area contributed by atoms with Gasteiger partial charge in [-0.1, -0.05) is 6.07 Å². The molecule has 0 saturated carbocycles. The van der Waals surface area contributed by atoms with Crippen LogP contribution in [0.25, 0.3) is 10.1 Å². The number of amides is 1. The lowest BCUT2D eigenvalue weighted by molar-refractivity contribution is 0.0622. The third kappa shape index (κ3) is 2.30. The van der Waals surface area contributed by atoms with Gasteiger partial charge in [-0.15, -0.1) is 11.3 Å². The van der Waals surface area contributed by atoms with E-state index in [1.54, 1.807) is 0 Å². The molecule has 2 aromatic rings. The normalized spacial score (nSPS) is 27.9. The van der Waals surface area contributed by atoms with Gasteiger partial charge in [-0.05, 0) is 50.0 Å². The second kappa shape index (κ2) is 5.00. The van der Waals surface area contributed by atoms with Gasteiger partial charge in [0.2, 0.25) is 0 Å². The van der Waals surface area contributed by atoms with E-state index in [1.165, 1.54) is 37.3 Å². The van der Waals surface area contributed by atoms with Gasteiger partial charge in [-0.25, -0.2) is 0 Å². The number of hydrogen-bond acceptors (Lipinski definition) is 4. The Balaban J connectivity index is 1.55. The van der Waals surface area contributed by atoms with Crippen LogP contribution in [0.3, 0.4) is 0 Å². The maximum absolute atomic E-state index is 12.5. The maximum atomic E-state index is 12.5. The van der Waals surface area contributed by atoms with E-state index >= 15 is 0 Å². The minimum absolute atomic E-state index is 0.0503. The predicted molar refractivity (Wildman–Crippen MR) is 86.7 cm³/mol. The van der Waals surface area contributed by atoms with Gasteiger partial charge in [0.05, 0.1) is 4.88 Å². The molecule has 0 spiro atoms. The molecule has 3 aliphatic rings. The molecule has 5 rings (SSSR count). The molecule has 1 aromatic carbocycles. The number of nitrogens with zero attached hydrogens (tertiary/aromatic N) is 1. The van der Waals surface area contributed by atoms with Crippen LogP contribution in [-0.4, -0.2) is 36.5 Å². The Morgan fingerprint density at radius 2 is 2.14 bits per heavy atom. The zero-order chi connectivity index (χ0) is 14.4. The van der Waals surface area contributed by atoms with Crippen LogP contribution >= 0.6 is 11.3 Å². The lowest BCUT2D eigenvalue weighted by atomic mass is 9.84. The lowest BCUT2D eigenvalue weighted by Gasteiger charge is -2.44. The molecule has 0 radical (unpaired) electrons. The summed E-state index contributed by atoms with van der Waals surface area (Å²) in [5.41, 5.74) is 6.71. The lowest BCUT2D eigenvalue weighted by Crippen LogP contribution is -2.57. The van der Waals surface area contributed by atoms with E-state index in [1.807, 2.05) is 24.3 Å². The van der Waals surface area contributed by atoms with Crippen LogP contribution in [-0.2, 0) is 0 Å². The first kappa shape index (κ1) is 13.1. The molecule has 21 heavy (non-hydrogen) atoms. The van der Waals surface area contributed by atoms with Gasteiger partial charge in [-0.2, -0.15) is 0 Å². The van der Waals surface area contributed by atoms with E-state index in [0.29, 0.717) is 12.0 Å². The quantitative estimate of drug-likeness (QED) is 0.837. The minimum atomic E-state index is 0.0503. The monoisotopic (exact) mass is 301 g/mol. The number of piperidine rings is 3. The first-order valence-corrected chi connectivity index (χ1v) is 8.33. The average Bonchev–Trinajstić information content (AvgIpc) is 2.94. The van der Waals surface area contributed by atoms with E-state index < -0.39 is 0 Å². The van der Waals surface area contributed by atoms with E-state index in [2.05, 4.69) is 10.2 Å². The number of anilines is 1. The molecule has 4 nitrogen and oxygen atoms in total. The SMILES string of the molecule is Nc1cccc2sc(C(=O)N[C@H]3CN4CCC3CC4)cc12. The van der Waals surface area contributed by atoms with E-state index in [-0.39, 0.29) is 5.91 Å². The van der Waals surface area contributed by atoms with Gasteiger partial charge in [0.15, 0.2) is 0 Å². The Morgan fingerprint density at radius 3 is 2.81 bits per heavy atom. The summed E-state index contributed by atoms with van der Waals surface area (Å²) >= 11 is 1.52. The molecule has 1 atom stereocenters. The van der Waals surface area contributed by atoms with Crippen LogP contribution in [0.2, 0.25) is 0 Å². The average molecular weight is 301 g/mol. The molecule has 0 unspecified atom stereocenters. The number of fused-ring (bicyclic) bond motifs is 4. The Hall–Kier alpha value is -1.59. The molecule has 110 valence electrons. The zero-order valence-corrected chi connectivity index (χ0v) is 12.7. The van der Waals surface area contributed by atoms with Crippen LogP contribution in [0.1, 0.15) is 22.5 Å². The molecule has 3 saturated heterocycles. The summed E-state index contributed by atoms with van der Waals surface area (Å²) in [6, 6.07) is 8.06. The second-order valence-corrected chi connectivity index (χ2v) is 7.17. The fraction of sp³-hybridized carbons (Fsp3) is 0.438. The summed E-state index contributed by atoms with van der Waals surface area (Å²) in [7, 11) is 0. The standard InChI is InChI=1S/C16H19N3OS/c17-12-2-1-3-14-11(12)8-15(21-14)16(20)18-13-9-19-6-4-10(13)5-7-19/h1-3,8,10,13H,4-7,9,17H2,(H,18,20)/t13-/m0/s1. The van der Waals surface area contributed by atoms with E-state index in [4.69, 9.17) is 5.73 Å². The van der Waals surface area contributed by atoms with Crippen molar-refractivity contribution in [1.29, 1.82) is 0 Å².